The number of dihydropyridines is 2. The molecule has 76 heavy (non-hydrogen) atoms. The number of nitrogens with two attached hydrogens (primary N) is 1. The maximum atomic E-state index is 15.4. The lowest BCUT2D eigenvalue weighted by Gasteiger charge is -2.52. The Kier molecular flexibility index (Phi) is 12.8. The number of ether oxygens (including phenoxy) is 2. The molecule has 4 aromatic rings. The van der Waals surface area contributed by atoms with Crippen LogP contribution in [0.5, 0.6) is 17.2 Å². The predicted molar refractivity (Wildman–Crippen MR) is 285 cm³/mol. The van der Waals surface area contributed by atoms with Crippen molar-refractivity contribution in [2.24, 2.45) is 23.5 Å². The fourth-order valence-electron chi connectivity index (χ4n) is 15.3. The number of phenols is 2. The van der Waals surface area contributed by atoms with Crippen molar-refractivity contribution in [1.82, 2.24) is 16.0 Å². The highest BCUT2D eigenvalue weighted by atomic mass is 16.6. The molecule has 15 heteroatoms. The van der Waals surface area contributed by atoms with E-state index >= 15 is 4.79 Å². The molecule has 2 saturated carbocycles. The van der Waals surface area contributed by atoms with Crippen LogP contribution in [0, 0.1) is 17.8 Å². The number of nitrogens with one attached hydrogen (secondary N) is 3. The number of hydrogen-bond acceptors (Lipinski definition) is 15. The molecule has 6 heterocycles. The van der Waals surface area contributed by atoms with E-state index in [1.54, 1.807) is 25.1 Å². The molecule has 15 nitrogen and oxygen atoms in total. The zero-order chi connectivity index (χ0) is 52.9. The summed E-state index contributed by atoms with van der Waals surface area (Å²) in [6, 6.07) is 14.5. The van der Waals surface area contributed by atoms with Crippen molar-refractivity contribution in [3.05, 3.63) is 156 Å². The number of aryl methyl sites for hydroxylation is 1. The number of allylic oxidation sites excluding steroid dienone is 5. The summed E-state index contributed by atoms with van der Waals surface area (Å²) in [5.74, 6) is -3.04. The molecule has 0 radical (unpaired) electrons. The Bertz CT molecular complexity index is 3280. The normalized spacial score (nSPS) is 31.8. The number of rotatable bonds is 7. The molecule has 0 spiro atoms. The molecule has 3 aromatic carbocycles. The molecule has 1 aromatic heterocycles. The van der Waals surface area contributed by atoms with Gasteiger partial charge in [0.2, 0.25) is 0 Å². The van der Waals surface area contributed by atoms with Crippen molar-refractivity contribution in [2.45, 2.75) is 152 Å². The van der Waals surface area contributed by atoms with Crippen LogP contribution in [0.3, 0.4) is 0 Å². The van der Waals surface area contributed by atoms with Gasteiger partial charge in [0, 0.05) is 60.2 Å². The van der Waals surface area contributed by atoms with Gasteiger partial charge in [-0.15, -0.1) is 0 Å². The fraction of sp³-hybridized carbons (Fsp3) is 0.475. The molecule has 400 valence electrons. The third kappa shape index (κ3) is 8.09. The fourth-order valence-corrected chi connectivity index (χ4v) is 15.3. The number of piperidine rings is 1. The van der Waals surface area contributed by atoms with Crippen LogP contribution in [-0.4, -0.2) is 79.3 Å². The van der Waals surface area contributed by atoms with Crippen molar-refractivity contribution in [3.8, 4) is 17.2 Å². The number of esters is 1. The smallest absolute Gasteiger partial charge is 0.337 e. The Morgan fingerprint density at radius 3 is 2.63 bits per heavy atom. The van der Waals surface area contributed by atoms with Gasteiger partial charge in [-0.1, -0.05) is 42.5 Å². The number of phenolic OH excluding ortho intramolecular Hbond substituents is 2. The first-order chi connectivity index (χ1) is 36.7. The number of aliphatic hydroxyl groups excluding tert-OH is 3. The molecule has 11 atom stereocenters. The Balaban J connectivity index is 1.10. The van der Waals surface area contributed by atoms with Crippen molar-refractivity contribution in [3.63, 3.8) is 0 Å². The lowest BCUT2D eigenvalue weighted by atomic mass is 9.61. The highest BCUT2D eigenvalue weighted by molar-refractivity contribution is 5.93. The van der Waals surface area contributed by atoms with E-state index in [-0.39, 0.29) is 82.7 Å². The van der Waals surface area contributed by atoms with E-state index in [0.29, 0.717) is 68.1 Å². The highest BCUT2D eigenvalue weighted by Gasteiger charge is 2.59. The lowest BCUT2D eigenvalue weighted by Crippen LogP contribution is -2.59. The van der Waals surface area contributed by atoms with Crippen LogP contribution in [0.1, 0.15) is 135 Å². The summed E-state index contributed by atoms with van der Waals surface area (Å²) >= 11 is 0. The summed E-state index contributed by atoms with van der Waals surface area (Å²) in [5.41, 5.74) is 13.3. The van der Waals surface area contributed by atoms with Crippen LogP contribution in [0.15, 0.2) is 115 Å². The molecule has 5 aliphatic heterocycles. The van der Waals surface area contributed by atoms with Gasteiger partial charge in [-0.2, -0.15) is 0 Å². The minimum absolute atomic E-state index is 0.0118. The third-order valence-electron chi connectivity index (χ3n) is 19.0. The highest BCUT2D eigenvalue weighted by Crippen LogP contribution is 2.62. The van der Waals surface area contributed by atoms with E-state index < -0.39 is 65.4 Å². The second-order valence-electron chi connectivity index (χ2n) is 23.0. The van der Waals surface area contributed by atoms with E-state index in [0.717, 1.165) is 58.7 Å². The molecule has 3 fully saturated rings. The van der Waals surface area contributed by atoms with Gasteiger partial charge in [0.1, 0.15) is 58.1 Å². The topological polar surface area (TPSA) is 249 Å². The third-order valence-corrected chi connectivity index (χ3v) is 19.0. The summed E-state index contributed by atoms with van der Waals surface area (Å²) in [6.45, 7) is 5.14. The molecule has 4 bridgehead atoms. The quantitative estimate of drug-likeness (QED) is 0.0670. The first-order valence-corrected chi connectivity index (χ1v) is 27.4. The van der Waals surface area contributed by atoms with Crippen LogP contribution >= 0.6 is 0 Å². The molecule has 3 aliphatic carbocycles. The summed E-state index contributed by atoms with van der Waals surface area (Å²) in [6.07, 6.45) is 10.9. The zero-order valence-electron chi connectivity index (χ0n) is 43.5. The number of carbonyl (C=O) groups excluding carboxylic acids is 1. The number of carbonyl (C=O) groups is 1. The number of aliphatic hydroxyl groups is 4. The van der Waals surface area contributed by atoms with Gasteiger partial charge >= 0.3 is 5.97 Å². The van der Waals surface area contributed by atoms with Gasteiger partial charge in [0.25, 0.3) is 0 Å². The summed E-state index contributed by atoms with van der Waals surface area (Å²) < 4.78 is 21.4. The Labute approximate surface area is 441 Å². The summed E-state index contributed by atoms with van der Waals surface area (Å²) in [4.78, 5) is 29.9. The molecular weight excluding hydrogens is 965 g/mol. The Morgan fingerprint density at radius 2 is 1.84 bits per heavy atom. The maximum Gasteiger partial charge on any atom is 0.337 e. The second-order valence-corrected chi connectivity index (χ2v) is 23.0. The molecule has 1 saturated heterocycles. The van der Waals surface area contributed by atoms with E-state index in [1.165, 1.54) is 11.1 Å². The van der Waals surface area contributed by atoms with E-state index in [1.807, 2.05) is 37.3 Å². The number of aromatic hydroxyl groups is 2. The van der Waals surface area contributed by atoms with E-state index in [4.69, 9.17) is 19.6 Å². The molecule has 8 aliphatic rings. The SMILES string of the molecule is CC=C(C(=O)OC1Cc2c3c(c4oc(CO)cc(=O)c4c2O)C2C4=CCNC(N)=C4C(CCc4ccc(O)cc4C2CO)C2CCC4=C5CCC(C)NC5NC=C4CC2C1(C)O3)C1(O)CCC(c2cccc(CO)c2)C1. The number of hydrogen-bond donors (Lipinski definition) is 10. The zero-order valence-corrected chi connectivity index (χ0v) is 43.5. The molecule has 11 unspecified atom stereocenters. The first kappa shape index (κ1) is 50.5. The van der Waals surface area contributed by atoms with Gasteiger partial charge in [0.05, 0.1) is 30.6 Å². The van der Waals surface area contributed by atoms with Crippen molar-refractivity contribution in [2.75, 3.05) is 13.2 Å². The standard InChI is InChI=1S/C61H70N4O11/c1-4-46(61(73)18-16-34(25-61)33-7-5-6-31(20-33)27-66)59(72)75-49-24-44-54(71)52-48(70)23-37(28-67)74-56(52)53-50-42-17-19-63-57(62)51(42)40(13-10-32-9-11-36(69)22-43(32)45(50)29-68)39-15-14-38-35(21-47(39)60(49,3)76-55(44)53)26-64-58-41(38)12-8-30(2)65-58/h4-7,9,11,17,20,22-23,26,30,34,39-40,45,47,49-50,58,63-69,71,73H,8,10,12-16,18-19,21,24-25,27-29,62H2,1-3H3. The molecule has 12 rings (SSSR count). The van der Waals surface area contributed by atoms with Crippen molar-refractivity contribution < 1.29 is 49.3 Å². The predicted octanol–water partition coefficient (Wildman–Crippen LogP) is 6.87. The average molecular weight is 1040 g/mol. The van der Waals surface area contributed by atoms with Gasteiger partial charge < -0.3 is 60.9 Å². The molecule has 0 amide bonds. The minimum atomic E-state index is -1.55. The Morgan fingerprint density at radius 1 is 1.00 bits per heavy atom. The first-order valence-electron chi connectivity index (χ1n) is 27.4. The van der Waals surface area contributed by atoms with Gasteiger partial charge in [-0.05, 0) is 165 Å². The van der Waals surface area contributed by atoms with Crippen LogP contribution < -0.4 is 31.8 Å². The Hall–Kier alpha value is -6.36. The lowest BCUT2D eigenvalue weighted by molar-refractivity contribution is -0.171. The molecule has 11 N–H and O–H groups in total. The molecular formula is C61H70N4O11. The van der Waals surface area contributed by atoms with E-state index in [2.05, 4.69) is 35.2 Å². The maximum absolute atomic E-state index is 15.4. The minimum Gasteiger partial charge on any atom is -0.508 e. The van der Waals surface area contributed by atoms with Crippen LogP contribution in [0.25, 0.3) is 11.0 Å². The number of benzene rings is 3. The van der Waals surface area contributed by atoms with Crippen molar-refractivity contribution in [1.29, 1.82) is 0 Å². The monoisotopic (exact) mass is 1030 g/mol. The van der Waals surface area contributed by atoms with Crippen LogP contribution in [0.4, 0.5) is 0 Å². The van der Waals surface area contributed by atoms with E-state index in [9.17, 15) is 35.4 Å². The average Bonchev–Trinajstić information content (AvgIpc) is 3.74. The second kappa shape index (κ2) is 19.3. The number of fused-ring (bicyclic) bond motifs is 10. The summed E-state index contributed by atoms with van der Waals surface area (Å²) in [5, 5.41) is 79.9. The van der Waals surface area contributed by atoms with Gasteiger partial charge in [-0.25, -0.2) is 4.79 Å². The van der Waals surface area contributed by atoms with Gasteiger partial charge in [-0.3, -0.25) is 10.1 Å². The van der Waals surface area contributed by atoms with Crippen LogP contribution in [0.2, 0.25) is 0 Å². The van der Waals surface area contributed by atoms with Gasteiger partial charge in [0.15, 0.2) is 5.43 Å². The van der Waals surface area contributed by atoms with Crippen molar-refractivity contribution >= 4 is 16.9 Å². The largest absolute Gasteiger partial charge is 0.508 e. The van der Waals surface area contributed by atoms with Crippen LogP contribution in [-0.2, 0) is 35.6 Å². The summed E-state index contributed by atoms with van der Waals surface area (Å²) in [7, 11) is 0.